The number of hydrogen-bond acceptors (Lipinski definition) is 2. The Hall–Kier alpha value is -0.860. The quantitative estimate of drug-likeness (QED) is 0.507. The fourth-order valence-corrected chi connectivity index (χ4v) is 4.38. The highest BCUT2D eigenvalue weighted by atomic mass is 15.2. The van der Waals surface area contributed by atoms with Gasteiger partial charge in [0.2, 0.25) is 0 Å². The van der Waals surface area contributed by atoms with Crippen LogP contribution in [0.15, 0.2) is 24.3 Å². The summed E-state index contributed by atoms with van der Waals surface area (Å²) in [5.74, 6) is 1.64. The molecule has 0 aromatic heterocycles. The van der Waals surface area contributed by atoms with E-state index < -0.39 is 0 Å². The fourth-order valence-electron chi connectivity index (χ4n) is 4.38. The lowest BCUT2D eigenvalue weighted by Crippen LogP contribution is -2.37. The molecule has 0 spiro atoms. The third kappa shape index (κ3) is 7.80. The first-order chi connectivity index (χ1) is 12.6. The van der Waals surface area contributed by atoms with Crippen molar-refractivity contribution in [3.8, 4) is 0 Å². The number of benzene rings is 1. The third-order valence-corrected chi connectivity index (χ3v) is 5.91. The Bertz CT molecular complexity index is 487. The average molecular weight is 359 g/mol. The molecule has 2 nitrogen and oxygen atoms in total. The van der Waals surface area contributed by atoms with E-state index in [0.29, 0.717) is 0 Å². The largest absolute Gasteiger partial charge is 0.303 e. The second kappa shape index (κ2) is 11.8. The Balaban J connectivity index is 1.99. The molecule has 1 aliphatic rings. The first kappa shape index (κ1) is 21.4. The molecule has 26 heavy (non-hydrogen) atoms. The molecule has 1 aliphatic carbocycles. The monoisotopic (exact) mass is 358 g/mol. The van der Waals surface area contributed by atoms with Gasteiger partial charge in [-0.3, -0.25) is 4.90 Å². The molecule has 1 aromatic carbocycles. The summed E-state index contributed by atoms with van der Waals surface area (Å²) in [6.45, 7) is 16.3. The Morgan fingerprint density at radius 3 is 2.23 bits per heavy atom. The fraction of sp³-hybridized carbons (Fsp3) is 0.750. The molecule has 0 saturated heterocycles. The molecule has 2 heteroatoms. The molecule has 0 radical (unpaired) electrons. The van der Waals surface area contributed by atoms with Gasteiger partial charge < -0.3 is 4.90 Å². The van der Waals surface area contributed by atoms with E-state index >= 15 is 0 Å². The minimum Gasteiger partial charge on any atom is -0.303 e. The molecule has 0 atom stereocenters. The molecular weight excluding hydrogens is 316 g/mol. The number of nitrogens with zero attached hydrogens (tertiary/aromatic N) is 2. The van der Waals surface area contributed by atoms with Gasteiger partial charge in [0.15, 0.2) is 0 Å². The van der Waals surface area contributed by atoms with Crippen molar-refractivity contribution in [3.63, 3.8) is 0 Å². The molecule has 0 unspecified atom stereocenters. The Labute approximate surface area is 163 Å². The highest BCUT2D eigenvalue weighted by Gasteiger charge is 2.18. The van der Waals surface area contributed by atoms with Crippen LogP contribution in [-0.4, -0.2) is 42.5 Å². The van der Waals surface area contributed by atoms with E-state index in [2.05, 4.69) is 61.8 Å². The molecule has 2 rings (SSSR count). The highest BCUT2D eigenvalue weighted by molar-refractivity contribution is 5.23. The van der Waals surface area contributed by atoms with Crippen molar-refractivity contribution in [3.05, 3.63) is 35.4 Å². The van der Waals surface area contributed by atoms with Gasteiger partial charge in [0.05, 0.1) is 0 Å². The molecule has 0 amide bonds. The van der Waals surface area contributed by atoms with Crippen molar-refractivity contribution in [2.24, 2.45) is 11.8 Å². The number of hydrogen-bond donors (Lipinski definition) is 0. The van der Waals surface area contributed by atoms with Gasteiger partial charge in [0.25, 0.3) is 0 Å². The summed E-state index contributed by atoms with van der Waals surface area (Å²) in [5, 5.41) is 0. The van der Waals surface area contributed by atoms with Crippen molar-refractivity contribution in [2.75, 3.05) is 32.7 Å². The van der Waals surface area contributed by atoms with Crippen molar-refractivity contribution in [1.82, 2.24) is 9.80 Å². The van der Waals surface area contributed by atoms with Gasteiger partial charge in [-0.15, -0.1) is 0 Å². The van der Waals surface area contributed by atoms with E-state index in [0.717, 1.165) is 31.5 Å². The first-order valence-corrected chi connectivity index (χ1v) is 11.1. The molecule has 1 aromatic rings. The van der Waals surface area contributed by atoms with E-state index in [9.17, 15) is 0 Å². The molecule has 0 aliphatic heterocycles. The Morgan fingerprint density at radius 1 is 0.923 bits per heavy atom. The summed E-state index contributed by atoms with van der Waals surface area (Å²) >= 11 is 0. The van der Waals surface area contributed by atoms with Crippen molar-refractivity contribution >= 4 is 0 Å². The van der Waals surface area contributed by atoms with Crippen molar-refractivity contribution in [2.45, 2.75) is 72.8 Å². The van der Waals surface area contributed by atoms with Crippen LogP contribution in [0.25, 0.3) is 0 Å². The van der Waals surface area contributed by atoms with Crippen LogP contribution in [0.5, 0.6) is 0 Å². The van der Waals surface area contributed by atoms with Crippen LogP contribution in [0.1, 0.15) is 70.9 Å². The van der Waals surface area contributed by atoms with Crippen LogP contribution in [-0.2, 0) is 13.0 Å². The summed E-state index contributed by atoms with van der Waals surface area (Å²) in [6.07, 6.45) is 8.41. The van der Waals surface area contributed by atoms with Gasteiger partial charge in [0.1, 0.15) is 0 Å². The molecule has 1 fully saturated rings. The zero-order valence-corrected chi connectivity index (χ0v) is 17.8. The summed E-state index contributed by atoms with van der Waals surface area (Å²) in [7, 11) is 0. The predicted molar refractivity (Wildman–Crippen MR) is 115 cm³/mol. The standard InChI is InChI=1S/C24H42N2/c1-5-25(6-2)15-16-26(19-22-11-8-7-9-12-22)20-24-14-10-13-23(18-24)17-21(3)4/h10,13-14,18,21-22H,5-9,11-12,15-17,19-20H2,1-4H3. The van der Waals surface area contributed by atoms with E-state index in [4.69, 9.17) is 0 Å². The Morgan fingerprint density at radius 2 is 1.58 bits per heavy atom. The predicted octanol–water partition coefficient (Wildman–Crippen LogP) is 5.61. The molecule has 0 N–H and O–H groups in total. The molecule has 1 saturated carbocycles. The summed E-state index contributed by atoms with van der Waals surface area (Å²) in [6, 6.07) is 9.33. The van der Waals surface area contributed by atoms with Crippen molar-refractivity contribution < 1.29 is 0 Å². The van der Waals surface area contributed by atoms with Crippen LogP contribution < -0.4 is 0 Å². The van der Waals surface area contributed by atoms with Gasteiger partial charge in [-0.05, 0) is 55.3 Å². The number of likely N-dealkylation sites (N-methyl/N-ethyl adjacent to an activating group) is 1. The summed E-state index contributed by atoms with van der Waals surface area (Å²) in [5.41, 5.74) is 3.00. The zero-order valence-electron chi connectivity index (χ0n) is 17.8. The minimum atomic E-state index is 0.728. The molecule has 0 heterocycles. The molecule has 0 bridgehead atoms. The maximum absolute atomic E-state index is 2.74. The van der Waals surface area contributed by atoms with E-state index in [1.807, 2.05) is 0 Å². The van der Waals surface area contributed by atoms with Crippen LogP contribution in [0.3, 0.4) is 0 Å². The average Bonchev–Trinajstić information content (AvgIpc) is 2.63. The lowest BCUT2D eigenvalue weighted by Gasteiger charge is -2.31. The van der Waals surface area contributed by atoms with Crippen LogP contribution in [0.2, 0.25) is 0 Å². The zero-order chi connectivity index (χ0) is 18.8. The minimum absolute atomic E-state index is 0.728. The lowest BCUT2D eigenvalue weighted by atomic mass is 9.89. The van der Waals surface area contributed by atoms with Gasteiger partial charge in [0, 0.05) is 26.2 Å². The smallest absolute Gasteiger partial charge is 0.0234 e. The van der Waals surface area contributed by atoms with Crippen LogP contribution >= 0.6 is 0 Å². The van der Waals surface area contributed by atoms with Crippen molar-refractivity contribution in [1.29, 1.82) is 0 Å². The Kier molecular flexibility index (Phi) is 9.71. The lowest BCUT2D eigenvalue weighted by molar-refractivity contribution is 0.167. The second-order valence-electron chi connectivity index (χ2n) is 8.68. The van der Waals surface area contributed by atoms with Gasteiger partial charge in [-0.1, -0.05) is 71.2 Å². The maximum atomic E-state index is 2.74. The van der Waals surface area contributed by atoms with Crippen LogP contribution in [0, 0.1) is 11.8 Å². The summed E-state index contributed by atoms with van der Waals surface area (Å²) < 4.78 is 0. The third-order valence-electron chi connectivity index (χ3n) is 5.91. The van der Waals surface area contributed by atoms with Gasteiger partial charge in [-0.2, -0.15) is 0 Å². The van der Waals surface area contributed by atoms with Gasteiger partial charge in [-0.25, -0.2) is 0 Å². The van der Waals surface area contributed by atoms with Crippen LogP contribution in [0.4, 0.5) is 0 Å². The summed E-state index contributed by atoms with van der Waals surface area (Å²) in [4.78, 5) is 5.30. The SMILES string of the molecule is CCN(CC)CCN(Cc1cccc(CC(C)C)c1)CC1CCCCC1. The second-order valence-corrected chi connectivity index (χ2v) is 8.68. The highest BCUT2D eigenvalue weighted by Crippen LogP contribution is 2.25. The van der Waals surface area contributed by atoms with E-state index in [1.165, 1.54) is 69.3 Å². The normalized spacial score (nSPS) is 16.1. The molecular formula is C24H42N2. The number of rotatable bonds is 11. The first-order valence-electron chi connectivity index (χ1n) is 11.1. The van der Waals surface area contributed by atoms with E-state index in [-0.39, 0.29) is 0 Å². The van der Waals surface area contributed by atoms with E-state index in [1.54, 1.807) is 0 Å². The van der Waals surface area contributed by atoms with Gasteiger partial charge >= 0.3 is 0 Å². The topological polar surface area (TPSA) is 6.48 Å². The maximum Gasteiger partial charge on any atom is 0.0234 e. The molecule has 148 valence electrons.